The maximum atomic E-state index is 12.2. The van der Waals surface area contributed by atoms with Crippen LogP contribution in [0.1, 0.15) is 27.9 Å². The molecule has 5 nitrogen and oxygen atoms in total. The van der Waals surface area contributed by atoms with E-state index in [-0.39, 0.29) is 12.5 Å². The summed E-state index contributed by atoms with van der Waals surface area (Å²) in [4.78, 5) is 24.8. The Labute approximate surface area is 143 Å². The van der Waals surface area contributed by atoms with E-state index in [0.717, 1.165) is 16.2 Å². The molecule has 3 rings (SSSR count). The number of anilines is 1. The summed E-state index contributed by atoms with van der Waals surface area (Å²) in [5.41, 5.74) is 2.41. The number of fused-ring (bicyclic) bond motifs is 1. The summed E-state index contributed by atoms with van der Waals surface area (Å²) in [7, 11) is 0. The molecule has 0 spiro atoms. The Bertz CT molecular complexity index is 825. The summed E-state index contributed by atoms with van der Waals surface area (Å²) in [6.45, 7) is 0.128. The zero-order valence-electron chi connectivity index (χ0n) is 12.7. The lowest BCUT2D eigenvalue weighted by Gasteiger charge is -2.09. The summed E-state index contributed by atoms with van der Waals surface area (Å²) < 4.78 is 5.30. The molecule has 1 amide bonds. The first-order chi connectivity index (χ1) is 11.7. The number of ether oxygens (including phenoxy) is 1. The first kappa shape index (κ1) is 16.1. The zero-order chi connectivity index (χ0) is 16.9. The quantitative estimate of drug-likeness (QED) is 0.868. The van der Waals surface area contributed by atoms with Gasteiger partial charge in [-0.25, -0.2) is 4.79 Å². The highest BCUT2D eigenvalue weighted by Crippen LogP contribution is 2.31. The van der Waals surface area contributed by atoms with Crippen LogP contribution in [0.15, 0.2) is 47.4 Å². The van der Waals surface area contributed by atoms with Crippen LogP contribution in [0.5, 0.6) is 0 Å². The number of benzene rings is 2. The average Bonchev–Trinajstić information content (AvgIpc) is 2.79. The minimum absolute atomic E-state index is 0.0515. The number of rotatable bonds is 3. The number of hydrogen-bond acceptors (Lipinski definition) is 5. The number of carbonyl (C=O) groups excluding carboxylic acids is 2. The number of hydrogen-bond donors (Lipinski definition) is 1. The molecule has 0 radical (unpaired) electrons. The van der Waals surface area contributed by atoms with Gasteiger partial charge in [0, 0.05) is 17.1 Å². The Balaban J connectivity index is 1.68. The van der Waals surface area contributed by atoms with Crippen molar-refractivity contribution in [1.82, 2.24) is 0 Å². The smallest absolute Gasteiger partial charge is 0.338 e. The molecule has 1 aliphatic heterocycles. The van der Waals surface area contributed by atoms with Crippen LogP contribution in [-0.4, -0.2) is 17.6 Å². The van der Waals surface area contributed by atoms with Gasteiger partial charge in [0.2, 0.25) is 5.91 Å². The van der Waals surface area contributed by atoms with E-state index in [4.69, 9.17) is 10.00 Å². The molecule has 1 aliphatic rings. The van der Waals surface area contributed by atoms with Crippen molar-refractivity contribution in [3.8, 4) is 6.07 Å². The van der Waals surface area contributed by atoms with Crippen molar-refractivity contribution in [1.29, 1.82) is 5.26 Å². The Hall–Kier alpha value is -2.78. The second-order valence-corrected chi connectivity index (χ2v) is 6.38. The fourth-order valence-electron chi connectivity index (χ4n) is 2.25. The number of esters is 1. The summed E-state index contributed by atoms with van der Waals surface area (Å²) in [6.07, 6.45) is 0.456. The van der Waals surface area contributed by atoms with Crippen molar-refractivity contribution >= 4 is 29.3 Å². The van der Waals surface area contributed by atoms with Crippen LogP contribution in [0.4, 0.5) is 5.69 Å². The number of nitrogens with one attached hydrogen (secondary N) is 1. The normalized spacial score (nSPS) is 13.2. The molecule has 2 aromatic carbocycles. The molecular weight excluding hydrogens is 324 g/mol. The Kier molecular flexibility index (Phi) is 4.82. The third-order valence-electron chi connectivity index (χ3n) is 3.53. The lowest BCUT2D eigenvalue weighted by atomic mass is 10.1. The Morgan fingerprint density at radius 3 is 2.79 bits per heavy atom. The maximum Gasteiger partial charge on any atom is 0.338 e. The standard InChI is InChI=1S/C18H14N2O3S/c19-10-12-1-3-13(4-2-12)11-23-18(22)14-5-6-16-15(9-14)20-17(21)7-8-24-16/h1-6,9H,7-8,11H2,(H,20,21). The molecular formula is C18H14N2O3S. The van der Waals surface area contributed by atoms with Gasteiger partial charge in [0.05, 0.1) is 22.9 Å². The maximum absolute atomic E-state index is 12.2. The van der Waals surface area contributed by atoms with Gasteiger partial charge < -0.3 is 10.1 Å². The average molecular weight is 338 g/mol. The highest BCUT2D eigenvalue weighted by atomic mass is 32.2. The van der Waals surface area contributed by atoms with Gasteiger partial charge in [-0.1, -0.05) is 12.1 Å². The van der Waals surface area contributed by atoms with Gasteiger partial charge in [-0.05, 0) is 35.9 Å². The molecule has 0 aromatic heterocycles. The van der Waals surface area contributed by atoms with E-state index in [9.17, 15) is 9.59 Å². The third-order valence-corrected chi connectivity index (χ3v) is 4.60. The topological polar surface area (TPSA) is 79.2 Å². The van der Waals surface area contributed by atoms with E-state index < -0.39 is 5.97 Å². The molecule has 0 bridgehead atoms. The van der Waals surface area contributed by atoms with Crippen molar-refractivity contribution in [3.63, 3.8) is 0 Å². The van der Waals surface area contributed by atoms with Crippen LogP contribution < -0.4 is 5.32 Å². The number of nitrogens with zero attached hydrogens (tertiary/aromatic N) is 1. The van der Waals surface area contributed by atoms with Gasteiger partial charge in [-0.3, -0.25) is 4.79 Å². The fourth-order valence-corrected chi connectivity index (χ4v) is 3.19. The highest BCUT2D eigenvalue weighted by Gasteiger charge is 2.16. The number of carbonyl (C=O) groups is 2. The van der Waals surface area contributed by atoms with E-state index in [1.165, 1.54) is 0 Å². The van der Waals surface area contributed by atoms with Gasteiger partial charge in [0.25, 0.3) is 0 Å². The van der Waals surface area contributed by atoms with Gasteiger partial charge in [-0.2, -0.15) is 5.26 Å². The molecule has 24 heavy (non-hydrogen) atoms. The molecule has 0 atom stereocenters. The van der Waals surface area contributed by atoms with Crippen LogP contribution in [0.2, 0.25) is 0 Å². The van der Waals surface area contributed by atoms with E-state index in [2.05, 4.69) is 5.32 Å². The first-order valence-electron chi connectivity index (χ1n) is 7.38. The molecule has 1 heterocycles. The zero-order valence-corrected chi connectivity index (χ0v) is 13.6. The molecule has 0 saturated carbocycles. The molecule has 0 saturated heterocycles. The predicted octanol–water partition coefficient (Wildman–Crippen LogP) is 3.35. The number of nitriles is 1. The second-order valence-electron chi connectivity index (χ2n) is 5.24. The monoisotopic (exact) mass is 338 g/mol. The van der Waals surface area contributed by atoms with Crippen LogP contribution in [0, 0.1) is 11.3 Å². The summed E-state index contributed by atoms with van der Waals surface area (Å²) in [5, 5.41) is 11.6. The third kappa shape index (κ3) is 3.76. The van der Waals surface area contributed by atoms with E-state index in [0.29, 0.717) is 23.2 Å². The summed E-state index contributed by atoms with van der Waals surface area (Å²) in [6, 6.07) is 14.1. The second kappa shape index (κ2) is 7.20. The SMILES string of the molecule is N#Cc1ccc(COC(=O)c2ccc3c(c2)NC(=O)CCS3)cc1. The van der Waals surface area contributed by atoms with E-state index in [1.54, 1.807) is 48.2 Å². The van der Waals surface area contributed by atoms with Crippen LogP contribution in [-0.2, 0) is 16.1 Å². The molecule has 6 heteroatoms. The summed E-state index contributed by atoms with van der Waals surface area (Å²) in [5.74, 6) is 0.219. The molecule has 2 aromatic rings. The minimum atomic E-state index is -0.453. The van der Waals surface area contributed by atoms with Crippen LogP contribution >= 0.6 is 11.8 Å². The van der Waals surface area contributed by atoms with Crippen LogP contribution in [0.3, 0.4) is 0 Å². The molecule has 120 valence electrons. The highest BCUT2D eigenvalue weighted by molar-refractivity contribution is 7.99. The molecule has 1 N–H and O–H groups in total. The van der Waals surface area contributed by atoms with Crippen molar-refractivity contribution in [2.24, 2.45) is 0 Å². The molecule has 0 unspecified atom stereocenters. The van der Waals surface area contributed by atoms with E-state index >= 15 is 0 Å². The van der Waals surface area contributed by atoms with Crippen molar-refractivity contribution in [3.05, 3.63) is 59.2 Å². The van der Waals surface area contributed by atoms with Gasteiger partial charge >= 0.3 is 5.97 Å². The Morgan fingerprint density at radius 1 is 1.25 bits per heavy atom. The fraction of sp³-hybridized carbons (Fsp3) is 0.167. The van der Waals surface area contributed by atoms with Crippen molar-refractivity contribution in [2.45, 2.75) is 17.9 Å². The molecule has 0 fully saturated rings. The van der Waals surface area contributed by atoms with Gasteiger partial charge in [0.15, 0.2) is 0 Å². The molecule has 0 aliphatic carbocycles. The predicted molar refractivity (Wildman–Crippen MR) is 90.7 cm³/mol. The van der Waals surface area contributed by atoms with Gasteiger partial charge in [-0.15, -0.1) is 11.8 Å². The van der Waals surface area contributed by atoms with Gasteiger partial charge in [0.1, 0.15) is 6.61 Å². The number of thioether (sulfide) groups is 1. The number of amides is 1. The van der Waals surface area contributed by atoms with Crippen molar-refractivity contribution < 1.29 is 14.3 Å². The van der Waals surface area contributed by atoms with Crippen molar-refractivity contribution in [2.75, 3.05) is 11.1 Å². The lowest BCUT2D eigenvalue weighted by molar-refractivity contribution is -0.115. The first-order valence-corrected chi connectivity index (χ1v) is 8.37. The largest absolute Gasteiger partial charge is 0.457 e. The lowest BCUT2D eigenvalue weighted by Crippen LogP contribution is -2.11. The van der Waals surface area contributed by atoms with Crippen LogP contribution in [0.25, 0.3) is 0 Å². The summed E-state index contributed by atoms with van der Waals surface area (Å²) >= 11 is 1.59. The Morgan fingerprint density at radius 2 is 2.04 bits per heavy atom. The minimum Gasteiger partial charge on any atom is -0.457 e. The van der Waals surface area contributed by atoms with E-state index in [1.807, 2.05) is 12.1 Å².